The van der Waals surface area contributed by atoms with Crippen LogP contribution in [0.3, 0.4) is 0 Å². The van der Waals surface area contributed by atoms with Gasteiger partial charge in [-0.2, -0.15) is 11.8 Å². The third kappa shape index (κ3) is 2.51. The molecule has 0 spiro atoms. The van der Waals surface area contributed by atoms with Gasteiger partial charge in [0.1, 0.15) is 0 Å². The number of thioether (sulfide) groups is 1. The van der Waals surface area contributed by atoms with E-state index in [1.165, 1.54) is 0 Å². The molecule has 0 aliphatic carbocycles. The predicted octanol–water partition coefficient (Wildman–Crippen LogP) is 0.839. The Kier molecular flexibility index (Phi) is 3.41. The molecule has 0 fully saturated rings. The van der Waals surface area contributed by atoms with Crippen molar-refractivity contribution in [3.8, 4) is 0 Å². The maximum atomic E-state index is 5.32. The van der Waals surface area contributed by atoms with E-state index in [0.717, 1.165) is 5.75 Å². The molecule has 1 aromatic heterocycles. The van der Waals surface area contributed by atoms with Crippen molar-refractivity contribution in [2.24, 2.45) is 0 Å². The number of nitrogen functional groups attached to an aromatic ring is 1. The lowest BCUT2D eigenvalue weighted by Gasteiger charge is -2.21. The van der Waals surface area contributed by atoms with Gasteiger partial charge in [0.15, 0.2) is 0 Å². The zero-order valence-corrected chi connectivity index (χ0v) is 8.84. The molecule has 1 rings (SSSR count). The first-order valence-electron chi connectivity index (χ1n) is 3.96. The summed E-state index contributed by atoms with van der Waals surface area (Å²) in [5.41, 5.74) is 5.32. The topological polar surface area (TPSA) is 68.2 Å². The molecule has 6 heteroatoms. The predicted molar refractivity (Wildman–Crippen MR) is 55.0 cm³/mol. The van der Waals surface area contributed by atoms with Crippen LogP contribution in [0.25, 0.3) is 0 Å². The van der Waals surface area contributed by atoms with E-state index in [1.54, 1.807) is 11.8 Å². The van der Waals surface area contributed by atoms with Crippen LogP contribution in [0.1, 0.15) is 6.92 Å². The van der Waals surface area contributed by atoms with Crippen LogP contribution in [-0.2, 0) is 0 Å². The van der Waals surface area contributed by atoms with Gasteiger partial charge in [0.25, 0.3) is 0 Å². The highest BCUT2D eigenvalue weighted by Gasteiger charge is 2.14. The zero-order chi connectivity index (χ0) is 9.84. The highest BCUT2D eigenvalue weighted by Crippen LogP contribution is 2.15. The molecular formula is C7H14N4OS. The summed E-state index contributed by atoms with van der Waals surface area (Å²) in [6, 6.07) is 0.937. The van der Waals surface area contributed by atoms with Crippen molar-refractivity contribution in [2.45, 2.75) is 13.0 Å². The number of aromatic nitrogens is 2. The van der Waals surface area contributed by atoms with E-state index in [2.05, 4.69) is 23.4 Å². The normalized spacial score (nSPS) is 12.8. The molecule has 1 aromatic rings. The van der Waals surface area contributed by atoms with Crippen LogP contribution in [0, 0.1) is 0 Å². The van der Waals surface area contributed by atoms with Crippen molar-refractivity contribution in [1.82, 2.24) is 10.2 Å². The van der Waals surface area contributed by atoms with Crippen LogP contribution in [0.15, 0.2) is 4.42 Å². The number of hydrogen-bond acceptors (Lipinski definition) is 6. The molecule has 0 aliphatic rings. The van der Waals surface area contributed by atoms with Crippen LogP contribution in [0.5, 0.6) is 0 Å². The third-order valence-electron chi connectivity index (χ3n) is 1.80. The minimum absolute atomic E-state index is 0.109. The average molecular weight is 202 g/mol. The van der Waals surface area contributed by atoms with Crippen molar-refractivity contribution >= 4 is 23.8 Å². The summed E-state index contributed by atoms with van der Waals surface area (Å²) >= 11 is 1.78. The average Bonchev–Trinajstić information content (AvgIpc) is 2.51. The maximum Gasteiger partial charge on any atom is 0.319 e. The van der Waals surface area contributed by atoms with E-state index in [9.17, 15) is 0 Å². The minimum Gasteiger partial charge on any atom is -0.390 e. The Morgan fingerprint density at radius 1 is 1.62 bits per heavy atom. The smallest absolute Gasteiger partial charge is 0.319 e. The molecule has 5 nitrogen and oxygen atoms in total. The highest BCUT2D eigenvalue weighted by atomic mass is 32.2. The lowest BCUT2D eigenvalue weighted by atomic mass is 10.4. The van der Waals surface area contributed by atoms with Gasteiger partial charge in [0, 0.05) is 18.8 Å². The molecule has 0 aromatic carbocycles. The Morgan fingerprint density at radius 2 is 2.31 bits per heavy atom. The first kappa shape index (κ1) is 10.2. The molecule has 0 bridgehead atoms. The van der Waals surface area contributed by atoms with E-state index >= 15 is 0 Å². The Labute approximate surface area is 81.7 Å². The summed E-state index contributed by atoms with van der Waals surface area (Å²) in [6.07, 6.45) is 2.06. The van der Waals surface area contributed by atoms with Crippen molar-refractivity contribution in [3.63, 3.8) is 0 Å². The first-order valence-corrected chi connectivity index (χ1v) is 5.35. The van der Waals surface area contributed by atoms with Gasteiger partial charge >= 0.3 is 12.0 Å². The fraction of sp³-hybridized carbons (Fsp3) is 0.714. The maximum absolute atomic E-state index is 5.32. The Hall–Kier alpha value is -0.910. The molecule has 0 amide bonds. The van der Waals surface area contributed by atoms with E-state index < -0.39 is 0 Å². The van der Waals surface area contributed by atoms with Crippen molar-refractivity contribution in [2.75, 3.05) is 29.7 Å². The summed E-state index contributed by atoms with van der Waals surface area (Å²) in [5, 5.41) is 7.39. The van der Waals surface area contributed by atoms with Gasteiger partial charge in [0.05, 0.1) is 0 Å². The monoisotopic (exact) mass is 202 g/mol. The van der Waals surface area contributed by atoms with Crippen LogP contribution >= 0.6 is 11.8 Å². The minimum atomic E-state index is 0.109. The fourth-order valence-electron chi connectivity index (χ4n) is 0.910. The molecule has 1 atom stereocenters. The second-order valence-electron chi connectivity index (χ2n) is 2.84. The van der Waals surface area contributed by atoms with Crippen LogP contribution in [0.4, 0.5) is 12.0 Å². The van der Waals surface area contributed by atoms with Crippen molar-refractivity contribution in [3.05, 3.63) is 0 Å². The van der Waals surface area contributed by atoms with Gasteiger partial charge in [0.2, 0.25) is 0 Å². The van der Waals surface area contributed by atoms with Gasteiger partial charge in [-0.1, -0.05) is 10.2 Å². The molecule has 1 heterocycles. The molecule has 0 aliphatic heterocycles. The van der Waals surface area contributed by atoms with Crippen molar-refractivity contribution in [1.29, 1.82) is 0 Å². The van der Waals surface area contributed by atoms with Gasteiger partial charge in [-0.25, -0.2) is 0 Å². The summed E-state index contributed by atoms with van der Waals surface area (Å²) in [5.74, 6) is 1.01. The van der Waals surface area contributed by atoms with Crippen LogP contribution in [-0.4, -0.2) is 35.3 Å². The second-order valence-corrected chi connectivity index (χ2v) is 3.75. The Morgan fingerprint density at radius 3 is 2.77 bits per heavy atom. The molecule has 1 unspecified atom stereocenters. The Bertz CT molecular complexity index is 265. The summed E-state index contributed by atoms with van der Waals surface area (Å²) in [7, 11) is 1.91. The quantitative estimate of drug-likeness (QED) is 0.780. The number of rotatable bonds is 4. The molecule has 0 saturated carbocycles. The van der Waals surface area contributed by atoms with Crippen molar-refractivity contribution < 1.29 is 4.42 Å². The number of nitrogens with two attached hydrogens (primary N) is 1. The number of hydrogen-bond donors (Lipinski definition) is 1. The number of nitrogens with zero attached hydrogens (tertiary/aromatic N) is 3. The molecule has 13 heavy (non-hydrogen) atoms. The van der Waals surface area contributed by atoms with E-state index in [0.29, 0.717) is 12.1 Å². The molecule has 74 valence electrons. The van der Waals surface area contributed by atoms with Crippen LogP contribution < -0.4 is 10.6 Å². The van der Waals surface area contributed by atoms with Gasteiger partial charge < -0.3 is 15.1 Å². The highest BCUT2D eigenvalue weighted by molar-refractivity contribution is 7.98. The molecule has 0 radical (unpaired) electrons. The first-order chi connectivity index (χ1) is 6.15. The summed E-state index contributed by atoms with van der Waals surface area (Å²) < 4.78 is 5.08. The largest absolute Gasteiger partial charge is 0.390 e. The standard InChI is InChI=1S/C7H14N4OS/c1-5(4-13-3)11(2)7-10-9-6(8)12-7/h5H,4H2,1-3H3,(H2,8,9). The molecular weight excluding hydrogens is 188 g/mol. The van der Waals surface area contributed by atoms with E-state index in [1.807, 2.05) is 11.9 Å². The fourth-order valence-corrected chi connectivity index (χ4v) is 1.62. The number of anilines is 2. The van der Waals surface area contributed by atoms with E-state index in [-0.39, 0.29) is 6.01 Å². The molecule has 0 saturated heterocycles. The van der Waals surface area contributed by atoms with Crippen LogP contribution in [0.2, 0.25) is 0 Å². The summed E-state index contributed by atoms with van der Waals surface area (Å²) in [4.78, 5) is 1.92. The lowest BCUT2D eigenvalue weighted by molar-refractivity contribution is 0.544. The zero-order valence-electron chi connectivity index (χ0n) is 8.02. The van der Waals surface area contributed by atoms with Gasteiger partial charge in [-0.15, -0.1) is 0 Å². The SMILES string of the molecule is CSCC(C)N(C)c1nnc(N)o1. The van der Waals surface area contributed by atoms with Gasteiger partial charge in [-0.3, -0.25) is 0 Å². The summed E-state index contributed by atoms with van der Waals surface area (Å²) in [6.45, 7) is 2.09. The van der Waals surface area contributed by atoms with Gasteiger partial charge in [-0.05, 0) is 13.2 Å². The molecule has 2 N–H and O–H groups in total. The van der Waals surface area contributed by atoms with E-state index in [4.69, 9.17) is 10.2 Å². The second kappa shape index (κ2) is 4.36. The lowest BCUT2D eigenvalue weighted by Crippen LogP contribution is -2.31. The Balaban J connectivity index is 2.61. The third-order valence-corrected chi connectivity index (χ3v) is 2.62.